The molecule has 0 radical (unpaired) electrons. The highest BCUT2D eigenvalue weighted by molar-refractivity contribution is 7.89. The van der Waals surface area contributed by atoms with Crippen molar-refractivity contribution in [1.29, 1.82) is 0 Å². The number of hydrogen-bond acceptors (Lipinski definition) is 4. The molecule has 0 bridgehead atoms. The lowest BCUT2D eigenvalue weighted by atomic mass is 10.2. The maximum atomic E-state index is 12.6. The number of pyridine rings is 1. The molecule has 5 nitrogen and oxygen atoms in total. The zero-order valence-corrected chi connectivity index (χ0v) is 12.0. The van der Waals surface area contributed by atoms with Crippen molar-refractivity contribution in [3.8, 4) is 0 Å². The van der Waals surface area contributed by atoms with Crippen LogP contribution >= 0.6 is 0 Å². The van der Waals surface area contributed by atoms with Gasteiger partial charge in [-0.3, -0.25) is 0 Å². The number of aromatic nitrogens is 1. The Kier molecular flexibility index (Phi) is 4.36. The molecule has 0 atom stereocenters. The Labute approximate surface area is 119 Å². The predicted molar refractivity (Wildman–Crippen MR) is 78.4 cm³/mol. The largest absolute Gasteiger partial charge is 0.384 e. The van der Waals surface area contributed by atoms with Crippen LogP contribution in [0.5, 0.6) is 0 Å². The third-order valence-electron chi connectivity index (χ3n) is 2.94. The second-order valence-corrected chi connectivity index (χ2v) is 6.27. The second-order valence-electron chi connectivity index (χ2n) is 4.33. The van der Waals surface area contributed by atoms with E-state index < -0.39 is 10.0 Å². The molecule has 2 N–H and O–H groups in total. The third-order valence-corrected chi connectivity index (χ3v) is 4.86. The smallest absolute Gasteiger partial charge is 0.243 e. The molecular formula is C14H17N3O2S. The van der Waals surface area contributed by atoms with Crippen LogP contribution in [0.3, 0.4) is 0 Å². The fourth-order valence-corrected chi connectivity index (χ4v) is 3.35. The van der Waals surface area contributed by atoms with Gasteiger partial charge in [0.15, 0.2) is 0 Å². The van der Waals surface area contributed by atoms with Gasteiger partial charge in [0.05, 0.1) is 4.90 Å². The van der Waals surface area contributed by atoms with Crippen LogP contribution in [0.15, 0.2) is 53.6 Å². The summed E-state index contributed by atoms with van der Waals surface area (Å²) in [5, 5.41) is 0. The van der Waals surface area contributed by atoms with Gasteiger partial charge in [-0.15, -0.1) is 0 Å². The van der Waals surface area contributed by atoms with Crippen molar-refractivity contribution in [1.82, 2.24) is 9.29 Å². The predicted octanol–water partition coefficient (Wildman–Crippen LogP) is 1.87. The summed E-state index contributed by atoms with van der Waals surface area (Å²) in [4.78, 5) is 3.99. The minimum atomic E-state index is -3.56. The highest BCUT2D eigenvalue weighted by Gasteiger charge is 2.23. The average Bonchev–Trinajstić information content (AvgIpc) is 2.45. The van der Waals surface area contributed by atoms with E-state index in [2.05, 4.69) is 4.98 Å². The normalized spacial score (nSPS) is 11.7. The van der Waals surface area contributed by atoms with Gasteiger partial charge in [-0.25, -0.2) is 13.4 Å². The van der Waals surface area contributed by atoms with E-state index in [0.717, 1.165) is 5.56 Å². The Morgan fingerprint density at radius 1 is 1.20 bits per heavy atom. The van der Waals surface area contributed by atoms with E-state index >= 15 is 0 Å². The monoisotopic (exact) mass is 291 g/mol. The Balaban J connectivity index is 2.31. The maximum Gasteiger partial charge on any atom is 0.243 e. The molecule has 6 heteroatoms. The van der Waals surface area contributed by atoms with E-state index in [0.29, 0.717) is 13.1 Å². The van der Waals surface area contributed by atoms with E-state index in [1.165, 1.54) is 22.6 Å². The Hall–Kier alpha value is -1.92. The first-order chi connectivity index (χ1) is 9.54. The molecule has 20 heavy (non-hydrogen) atoms. The number of rotatable bonds is 5. The summed E-state index contributed by atoms with van der Waals surface area (Å²) in [5.74, 6) is 0.196. The van der Waals surface area contributed by atoms with Crippen LogP contribution in [0.2, 0.25) is 0 Å². The van der Waals surface area contributed by atoms with Crippen LogP contribution in [-0.2, 0) is 16.6 Å². The van der Waals surface area contributed by atoms with Gasteiger partial charge in [-0.1, -0.05) is 37.3 Å². The van der Waals surface area contributed by atoms with Gasteiger partial charge in [0.1, 0.15) is 5.82 Å². The van der Waals surface area contributed by atoms with Gasteiger partial charge in [0.2, 0.25) is 10.0 Å². The van der Waals surface area contributed by atoms with Crippen molar-refractivity contribution in [3.63, 3.8) is 0 Å². The molecule has 0 aliphatic carbocycles. The fourth-order valence-electron chi connectivity index (χ4n) is 1.89. The Bertz CT molecular complexity index is 672. The van der Waals surface area contributed by atoms with E-state index in [-0.39, 0.29) is 10.7 Å². The standard InChI is InChI=1S/C14H17N3O2S/c1-2-17(11-12-6-4-3-5-7-12)20(18,19)13-8-9-16-14(15)10-13/h3-10H,2,11H2,1H3,(H2,15,16). The molecule has 2 rings (SSSR count). The lowest BCUT2D eigenvalue weighted by molar-refractivity contribution is 0.423. The Morgan fingerprint density at radius 3 is 2.50 bits per heavy atom. The van der Waals surface area contributed by atoms with Crippen LogP contribution in [0.1, 0.15) is 12.5 Å². The van der Waals surface area contributed by atoms with Gasteiger partial charge in [-0.2, -0.15) is 4.31 Å². The number of sulfonamides is 1. The SMILES string of the molecule is CCN(Cc1ccccc1)S(=O)(=O)c1ccnc(N)c1. The zero-order valence-electron chi connectivity index (χ0n) is 11.2. The summed E-state index contributed by atoms with van der Waals surface area (Å²) in [6.07, 6.45) is 1.40. The molecule has 0 amide bonds. The van der Waals surface area contributed by atoms with Gasteiger partial charge in [0.25, 0.3) is 0 Å². The topological polar surface area (TPSA) is 76.3 Å². The fraction of sp³-hybridized carbons (Fsp3) is 0.214. The molecule has 0 aliphatic rings. The summed E-state index contributed by atoms with van der Waals surface area (Å²) in [6, 6.07) is 12.3. The number of nitrogen functional groups attached to an aromatic ring is 1. The lowest BCUT2D eigenvalue weighted by Gasteiger charge is -2.20. The number of anilines is 1. The van der Waals surface area contributed by atoms with Crippen LogP contribution in [0, 0.1) is 0 Å². The summed E-state index contributed by atoms with van der Waals surface area (Å²) < 4.78 is 26.5. The van der Waals surface area contributed by atoms with Gasteiger partial charge < -0.3 is 5.73 Å². The van der Waals surface area contributed by atoms with Gasteiger partial charge in [-0.05, 0) is 11.6 Å². The van der Waals surface area contributed by atoms with E-state index in [1.807, 2.05) is 37.3 Å². The van der Waals surface area contributed by atoms with Crippen LogP contribution in [0.4, 0.5) is 5.82 Å². The number of nitrogens with two attached hydrogens (primary N) is 1. The average molecular weight is 291 g/mol. The molecule has 0 saturated carbocycles. The first-order valence-electron chi connectivity index (χ1n) is 6.29. The first-order valence-corrected chi connectivity index (χ1v) is 7.73. The molecule has 106 valence electrons. The van der Waals surface area contributed by atoms with Gasteiger partial charge in [0, 0.05) is 25.4 Å². The van der Waals surface area contributed by atoms with E-state index in [4.69, 9.17) is 5.73 Å². The van der Waals surface area contributed by atoms with Crippen LogP contribution in [0.25, 0.3) is 0 Å². The summed E-state index contributed by atoms with van der Waals surface area (Å²) >= 11 is 0. The van der Waals surface area contributed by atoms with Crippen molar-refractivity contribution in [2.45, 2.75) is 18.4 Å². The molecule has 0 fully saturated rings. The van der Waals surface area contributed by atoms with Crippen molar-refractivity contribution >= 4 is 15.8 Å². The van der Waals surface area contributed by atoms with Crippen LogP contribution < -0.4 is 5.73 Å². The molecule has 1 aromatic heterocycles. The van der Waals surface area contributed by atoms with E-state index in [9.17, 15) is 8.42 Å². The van der Waals surface area contributed by atoms with Crippen molar-refractivity contribution < 1.29 is 8.42 Å². The number of hydrogen-bond donors (Lipinski definition) is 1. The maximum absolute atomic E-state index is 12.6. The summed E-state index contributed by atoms with van der Waals surface area (Å²) in [7, 11) is -3.56. The first kappa shape index (κ1) is 14.5. The molecule has 0 aliphatic heterocycles. The summed E-state index contributed by atoms with van der Waals surface area (Å²) in [6.45, 7) is 2.53. The number of nitrogens with zero attached hydrogens (tertiary/aromatic N) is 2. The molecule has 0 unspecified atom stereocenters. The highest BCUT2D eigenvalue weighted by atomic mass is 32.2. The second kappa shape index (κ2) is 6.02. The summed E-state index contributed by atoms with van der Waals surface area (Å²) in [5.41, 5.74) is 6.50. The molecule has 0 saturated heterocycles. The third kappa shape index (κ3) is 3.15. The molecule has 1 aromatic carbocycles. The van der Waals surface area contributed by atoms with Crippen LogP contribution in [-0.4, -0.2) is 24.3 Å². The minimum Gasteiger partial charge on any atom is -0.384 e. The van der Waals surface area contributed by atoms with Crippen molar-refractivity contribution in [3.05, 3.63) is 54.2 Å². The lowest BCUT2D eigenvalue weighted by Crippen LogP contribution is -2.30. The Morgan fingerprint density at radius 2 is 1.90 bits per heavy atom. The zero-order chi connectivity index (χ0) is 14.6. The molecule has 2 aromatic rings. The van der Waals surface area contributed by atoms with Crippen molar-refractivity contribution in [2.24, 2.45) is 0 Å². The number of benzene rings is 1. The van der Waals surface area contributed by atoms with Crippen molar-refractivity contribution in [2.75, 3.05) is 12.3 Å². The van der Waals surface area contributed by atoms with E-state index in [1.54, 1.807) is 0 Å². The molecule has 0 spiro atoms. The molecular weight excluding hydrogens is 274 g/mol. The quantitative estimate of drug-likeness (QED) is 0.912. The molecule has 1 heterocycles. The minimum absolute atomic E-state index is 0.169. The highest BCUT2D eigenvalue weighted by Crippen LogP contribution is 2.18. The van der Waals surface area contributed by atoms with Gasteiger partial charge >= 0.3 is 0 Å².